The number of methoxy groups -OCH3 is 3. The van der Waals surface area contributed by atoms with Crippen molar-refractivity contribution in [1.29, 1.82) is 0 Å². The fraction of sp³-hybridized carbons (Fsp3) is 0.789. The molecule has 0 aliphatic carbocycles. The molecular weight excluding hydrogens is 340 g/mol. The lowest BCUT2D eigenvalue weighted by atomic mass is 9.92. The predicted molar refractivity (Wildman–Crippen MR) is 106 cm³/mol. The van der Waals surface area contributed by atoms with Crippen molar-refractivity contribution in [2.24, 2.45) is 5.41 Å². The van der Waals surface area contributed by atoms with Crippen molar-refractivity contribution in [2.75, 3.05) is 47.8 Å². The molecule has 1 atom stereocenters. The molecule has 0 saturated carbocycles. The van der Waals surface area contributed by atoms with Crippen LogP contribution in [0.5, 0.6) is 0 Å². The average molecular weight is 383 g/mol. The highest BCUT2D eigenvalue weighted by Crippen LogP contribution is 2.20. The van der Waals surface area contributed by atoms with Gasteiger partial charge < -0.3 is 23.7 Å². The van der Waals surface area contributed by atoms with Crippen LogP contribution >= 0.6 is 0 Å². The Labute approximate surface area is 161 Å². The molecule has 1 unspecified atom stereocenters. The molecule has 0 heterocycles. The van der Waals surface area contributed by atoms with Gasteiger partial charge in [0, 0.05) is 26.9 Å². The van der Waals surface area contributed by atoms with Crippen molar-refractivity contribution in [3.05, 3.63) is 12.2 Å². The molecular formula is C19H42O7. The average Bonchev–Trinajstić information content (AvgIpc) is 2.45. The highest BCUT2D eigenvalue weighted by Gasteiger charge is 2.34. The van der Waals surface area contributed by atoms with Crippen LogP contribution in [0.2, 0.25) is 0 Å². The van der Waals surface area contributed by atoms with E-state index in [1.54, 1.807) is 21.3 Å². The number of hydrogen-bond acceptors (Lipinski definition) is 7. The van der Waals surface area contributed by atoms with E-state index in [0.29, 0.717) is 19.8 Å². The largest absolute Gasteiger partial charge is 0.462 e. The molecule has 0 rings (SSSR count). The zero-order valence-corrected chi connectivity index (χ0v) is 14.0. The molecule has 0 saturated heterocycles. The summed E-state index contributed by atoms with van der Waals surface area (Å²) < 4.78 is 25.6. The maximum Gasteiger partial charge on any atom is 0.347 e. The summed E-state index contributed by atoms with van der Waals surface area (Å²) in [6.45, 7) is 7.29. The van der Waals surface area contributed by atoms with Gasteiger partial charge in [-0.25, -0.2) is 9.59 Å². The molecule has 0 aromatic carbocycles. The number of ether oxygens (including phenoxy) is 5. The van der Waals surface area contributed by atoms with Crippen molar-refractivity contribution >= 4 is 11.9 Å². The van der Waals surface area contributed by atoms with Gasteiger partial charge in [-0.05, 0) is 13.8 Å². The van der Waals surface area contributed by atoms with Crippen molar-refractivity contribution in [3.8, 4) is 0 Å². The van der Waals surface area contributed by atoms with Crippen LogP contribution in [0.15, 0.2) is 12.2 Å². The number of carbonyl (C=O) groups is 2. The number of hydrogen-bond donors (Lipinski definition) is 0. The van der Waals surface area contributed by atoms with Crippen LogP contribution in [0.25, 0.3) is 0 Å². The minimum absolute atomic E-state index is 0. The molecule has 0 aliphatic rings. The molecule has 0 aliphatic heterocycles. The lowest BCUT2D eigenvalue weighted by molar-refractivity contribution is -0.170. The Morgan fingerprint density at radius 1 is 0.885 bits per heavy atom. The fourth-order valence-corrected chi connectivity index (χ4v) is 1.82. The number of carbonyl (C=O) groups excluding carboxylic acids is 2. The first kappa shape index (κ1) is 35.6. The zero-order chi connectivity index (χ0) is 17.2. The summed E-state index contributed by atoms with van der Waals surface area (Å²) >= 11 is 0. The number of rotatable bonds is 11. The minimum atomic E-state index is -1.02. The maximum atomic E-state index is 11.9. The Hall–Kier alpha value is -1.44. The molecule has 0 bridgehead atoms. The topological polar surface area (TPSA) is 80.3 Å². The molecule has 0 amide bonds. The van der Waals surface area contributed by atoms with E-state index in [9.17, 15) is 9.59 Å². The van der Waals surface area contributed by atoms with Crippen LogP contribution in [0.3, 0.4) is 0 Å². The second-order valence-electron chi connectivity index (χ2n) is 5.23. The molecule has 0 spiro atoms. The molecule has 0 N–H and O–H groups in total. The molecule has 160 valence electrons. The first-order valence-corrected chi connectivity index (χ1v) is 6.82. The summed E-state index contributed by atoms with van der Waals surface area (Å²) in [6.07, 6.45) is -1.02. The second-order valence-corrected chi connectivity index (χ2v) is 5.23. The molecule has 26 heavy (non-hydrogen) atoms. The monoisotopic (exact) mass is 382 g/mol. The van der Waals surface area contributed by atoms with Gasteiger partial charge in [-0.2, -0.15) is 0 Å². The minimum Gasteiger partial charge on any atom is -0.462 e. The van der Waals surface area contributed by atoms with Crippen LogP contribution in [0, 0.1) is 5.41 Å². The van der Waals surface area contributed by atoms with Crippen molar-refractivity contribution in [1.82, 2.24) is 0 Å². The molecule has 0 aromatic heterocycles. The second kappa shape index (κ2) is 18.4. The SMILES string of the molecule is C.C.C.C.C=C(C)C(=O)OC(C)C(=O)OCC(COC)(COC)COC. The lowest BCUT2D eigenvalue weighted by Crippen LogP contribution is -2.42. The van der Waals surface area contributed by atoms with E-state index in [0.717, 1.165) is 0 Å². The Morgan fingerprint density at radius 3 is 1.58 bits per heavy atom. The van der Waals surface area contributed by atoms with Gasteiger partial charge in [0.1, 0.15) is 6.61 Å². The summed E-state index contributed by atoms with van der Waals surface area (Å²) in [5.74, 6) is -1.29. The van der Waals surface area contributed by atoms with Gasteiger partial charge in [0.2, 0.25) is 0 Å². The summed E-state index contributed by atoms with van der Waals surface area (Å²) in [5.41, 5.74) is -0.404. The third-order valence-electron chi connectivity index (χ3n) is 2.84. The zero-order valence-electron chi connectivity index (χ0n) is 14.0. The van der Waals surface area contributed by atoms with Gasteiger partial charge in [0.15, 0.2) is 6.10 Å². The van der Waals surface area contributed by atoms with E-state index < -0.39 is 23.5 Å². The van der Waals surface area contributed by atoms with Gasteiger partial charge in [-0.3, -0.25) is 0 Å². The molecule has 0 radical (unpaired) electrons. The van der Waals surface area contributed by atoms with Crippen LogP contribution in [0.1, 0.15) is 43.6 Å². The highest BCUT2D eigenvalue weighted by atomic mass is 16.6. The summed E-state index contributed by atoms with van der Waals surface area (Å²) in [5, 5.41) is 0. The smallest absolute Gasteiger partial charge is 0.347 e. The van der Waals surface area contributed by atoms with Crippen LogP contribution in [-0.4, -0.2) is 65.8 Å². The fourth-order valence-electron chi connectivity index (χ4n) is 1.82. The third kappa shape index (κ3) is 12.9. The molecule has 7 nitrogen and oxygen atoms in total. The first-order valence-electron chi connectivity index (χ1n) is 6.82. The van der Waals surface area contributed by atoms with Crippen LogP contribution < -0.4 is 0 Å². The van der Waals surface area contributed by atoms with E-state index in [2.05, 4.69) is 6.58 Å². The molecule has 0 fully saturated rings. The first-order chi connectivity index (χ1) is 10.3. The van der Waals surface area contributed by atoms with Crippen LogP contribution in [-0.2, 0) is 33.3 Å². The van der Waals surface area contributed by atoms with Crippen LogP contribution in [0.4, 0.5) is 0 Å². The van der Waals surface area contributed by atoms with Gasteiger partial charge >= 0.3 is 11.9 Å². The highest BCUT2D eigenvalue weighted by molar-refractivity contribution is 5.89. The van der Waals surface area contributed by atoms with Crippen molar-refractivity contribution < 1.29 is 33.3 Å². The van der Waals surface area contributed by atoms with Crippen molar-refractivity contribution in [3.63, 3.8) is 0 Å². The Kier molecular flexibility index (Phi) is 25.2. The van der Waals surface area contributed by atoms with Gasteiger partial charge in [-0.1, -0.05) is 36.3 Å². The van der Waals surface area contributed by atoms with E-state index >= 15 is 0 Å². The Bertz CT molecular complexity index is 363. The quantitative estimate of drug-likeness (QED) is 0.399. The maximum absolute atomic E-state index is 11.9. The van der Waals surface area contributed by atoms with E-state index in [1.165, 1.54) is 13.8 Å². The van der Waals surface area contributed by atoms with Crippen molar-refractivity contribution in [2.45, 2.75) is 49.7 Å². The summed E-state index contributed by atoms with van der Waals surface area (Å²) in [6, 6.07) is 0. The normalized spacial score (nSPS) is 10.7. The molecule has 7 heteroatoms. The van der Waals surface area contributed by atoms with E-state index in [-0.39, 0.29) is 41.9 Å². The lowest BCUT2D eigenvalue weighted by Gasteiger charge is -2.31. The third-order valence-corrected chi connectivity index (χ3v) is 2.84. The molecule has 0 aromatic rings. The van der Waals surface area contributed by atoms with Gasteiger partial charge in [0.25, 0.3) is 0 Å². The van der Waals surface area contributed by atoms with E-state index in [1.807, 2.05) is 0 Å². The van der Waals surface area contributed by atoms with E-state index in [4.69, 9.17) is 23.7 Å². The standard InChI is InChI=1S/C15H26O7.4CH4/c1-11(2)13(16)22-12(3)14(17)21-10-15(7-18-4,8-19-5)9-20-6;;;;/h12H,1,7-10H2,2-6H3;4*1H4. The summed E-state index contributed by atoms with van der Waals surface area (Å²) in [7, 11) is 4.62. The predicted octanol–water partition coefficient (Wildman–Crippen LogP) is 3.51. The van der Waals surface area contributed by atoms with Gasteiger partial charge in [-0.15, -0.1) is 0 Å². The Balaban J connectivity index is -0.000000367. The Morgan fingerprint density at radius 2 is 1.27 bits per heavy atom. The summed E-state index contributed by atoms with van der Waals surface area (Å²) in [4.78, 5) is 23.3. The number of esters is 2. The van der Waals surface area contributed by atoms with Gasteiger partial charge in [0.05, 0.1) is 25.2 Å².